The molecule has 1 amide bonds. The second-order valence-corrected chi connectivity index (χ2v) is 5.80. The number of nitro groups is 1. The number of hydrogen-bond acceptors (Lipinski definition) is 5. The number of nitrogens with zero attached hydrogens (tertiary/aromatic N) is 2. The summed E-state index contributed by atoms with van der Waals surface area (Å²) in [4.78, 5) is 35.6. The van der Waals surface area contributed by atoms with E-state index >= 15 is 0 Å². The first-order valence-electron chi connectivity index (χ1n) is 6.29. The molecule has 1 unspecified atom stereocenters. The highest BCUT2D eigenvalue weighted by Crippen LogP contribution is 2.26. The van der Waals surface area contributed by atoms with Gasteiger partial charge in [0.1, 0.15) is 11.6 Å². The lowest BCUT2D eigenvalue weighted by Gasteiger charge is -2.32. The third-order valence-corrected chi connectivity index (χ3v) is 4.36. The molecular formula is C13H14N2O5S. The molecule has 0 spiro atoms. The smallest absolute Gasteiger partial charge is 0.327 e. The third kappa shape index (κ3) is 2.99. The van der Waals surface area contributed by atoms with E-state index in [0.717, 1.165) is 0 Å². The average Bonchev–Trinajstić information content (AvgIpc) is 2.46. The van der Waals surface area contributed by atoms with Gasteiger partial charge in [0.05, 0.1) is 4.92 Å². The molecule has 7 nitrogen and oxygen atoms in total. The first-order chi connectivity index (χ1) is 9.93. The Hall–Kier alpha value is -2.09. The van der Waals surface area contributed by atoms with Gasteiger partial charge in [0.25, 0.3) is 11.6 Å². The number of carbonyl (C=O) groups is 2. The monoisotopic (exact) mass is 310 g/mol. The lowest BCUT2D eigenvalue weighted by molar-refractivity contribution is -0.385. The zero-order chi connectivity index (χ0) is 15.6. The second-order valence-electron chi connectivity index (χ2n) is 4.65. The molecule has 1 atom stereocenters. The number of thioether (sulfide) groups is 1. The quantitative estimate of drug-likeness (QED) is 0.671. The number of carbonyl (C=O) groups excluding carboxylic acids is 1. The van der Waals surface area contributed by atoms with Crippen molar-refractivity contribution in [2.24, 2.45) is 0 Å². The maximum atomic E-state index is 12.6. The van der Waals surface area contributed by atoms with Gasteiger partial charge in [-0.15, -0.1) is 0 Å². The summed E-state index contributed by atoms with van der Waals surface area (Å²) in [6.07, 6.45) is 0. The number of carboxylic acid groups (broad SMARTS) is 1. The number of carboxylic acids is 1. The molecule has 1 aliphatic heterocycles. The Bertz CT molecular complexity index is 604. The molecule has 0 bridgehead atoms. The standard InChI is InChI=1S/C13H14N2O5S/c1-8-3-2-4-9(15(19)20)11(8)12(16)14-5-6-21-7-10(14)13(17)18/h2-4,10H,5-7H2,1H3,(H,17,18). The number of aryl methyl sites for hydroxylation is 1. The van der Waals surface area contributed by atoms with Crippen molar-refractivity contribution in [3.63, 3.8) is 0 Å². The topological polar surface area (TPSA) is 101 Å². The highest BCUT2D eigenvalue weighted by molar-refractivity contribution is 7.99. The van der Waals surface area contributed by atoms with Crippen LogP contribution in [0.5, 0.6) is 0 Å². The Balaban J connectivity index is 2.44. The Kier molecular flexibility index (Phi) is 4.46. The SMILES string of the molecule is Cc1cccc([N+](=O)[O-])c1C(=O)N1CCSCC1C(=O)O. The molecule has 0 saturated carbocycles. The van der Waals surface area contributed by atoms with Gasteiger partial charge in [-0.05, 0) is 12.5 Å². The molecule has 8 heteroatoms. The Morgan fingerprint density at radius 3 is 2.81 bits per heavy atom. The molecular weight excluding hydrogens is 296 g/mol. The fourth-order valence-corrected chi connectivity index (χ4v) is 3.32. The van der Waals surface area contributed by atoms with E-state index in [-0.39, 0.29) is 17.8 Å². The molecule has 1 heterocycles. The maximum Gasteiger partial charge on any atom is 0.327 e. The zero-order valence-corrected chi connectivity index (χ0v) is 12.1. The van der Waals surface area contributed by atoms with Crippen molar-refractivity contribution in [2.45, 2.75) is 13.0 Å². The van der Waals surface area contributed by atoms with E-state index in [9.17, 15) is 24.8 Å². The van der Waals surface area contributed by atoms with Crippen molar-refractivity contribution in [1.82, 2.24) is 4.90 Å². The highest BCUT2D eigenvalue weighted by Gasteiger charge is 2.36. The van der Waals surface area contributed by atoms with E-state index in [4.69, 9.17) is 0 Å². The van der Waals surface area contributed by atoms with Crippen LogP contribution in [0.15, 0.2) is 18.2 Å². The number of nitro benzene ring substituents is 1. The van der Waals surface area contributed by atoms with Gasteiger partial charge in [0.2, 0.25) is 0 Å². The van der Waals surface area contributed by atoms with E-state index in [1.807, 2.05) is 0 Å². The van der Waals surface area contributed by atoms with Gasteiger partial charge in [-0.25, -0.2) is 4.79 Å². The number of amides is 1. The normalized spacial score (nSPS) is 18.3. The molecule has 1 fully saturated rings. The second kappa shape index (κ2) is 6.13. The molecule has 1 aliphatic rings. The van der Waals surface area contributed by atoms with Crippen LogP contribution < -0.4 is 0 Å². The molecule has 21 heavy (non-hydrogen) atoms. The summed E-state index contributed by atoms with van der Waals surface area (Å²) in [6.45, 7) is 1.88. The van der Waals surface area contributed by atoms with Crippen LogP contribution in [0.1, 0.15) is 15.9 Å². The predicted octanol–water partition coefficient (Wildman–Crippen LogP) is 1.55. The van der Waals surface area contributed by atoms with E-state index < -0.39 is 22.8 Å². The fourth-order valence-electron chi connectivity index (χ4n) is 2.28. The van der Waals surface area contributed by atoms with Crippen molar-refractivity contribution < 1.29 is 19.6 Å². The van der Waals surface area contributed by atoms with Crippen molar-refractivity contribution in [3.05, 3.63) is 39.4 Å². The van der Waals surface area contributed by atoms with Crippen LogP contribution in [-0.2, 0) is 4.79 Å². The highest BCUT2D eigenvalue weighted by atomic mass is 32.2. The van der Waals surface area contributed by atoms with Crippen LogP contribution in [0, 0.1) is 17.0 Å². The van der Waals surface area contributed by atoms with Crippen molar-refractivity contribution in [3.8, 4) is 0 Å². The first-order valence-corrected chi connectivity index (χ1v) is 7.44. The number of hydrogen-bond donors (Lipinski definition) is 1. The van der Waals surface area contributed by atoms with E-state index in [0.29, 0.717) is 17.1 Å². The minimum absolute atomic E-state index is 0.0272. The number of aliphatic carboxylic acids is 1. The molecule has 1 saturated heterocycles. The van der Waals surface area contributed by atoms with Gasteiger partial charge in [-0.2, -0.15) is 11.8 Å². The molecule has 112 valence electrons. The summed E-state index contributed by atoms with van der Waals surface area (Å²) in [7, 11) is 0. The maximum absolute atomic E-state index is 12.6. The van der Waals surface area contributed by atoms with Gasteiger partial charge < -0.3 is 10.0 Å². The van der Waals surface area contributed by atoms with Crippen molar-refractivity contribution >= 4 is 29.3 Å². The van der Waals surface area contributed by atoms with Crippen LogP contribution in [0.25, 0.3) is 0 Å². The van der Waals surface area contributed by atoms with Crippen LogP contribution >= 0.6 is 11.8 Å². The van der Waals surface area contributed by atoms with Crippen LogP contribution in [0.2, 0.25) is 0 Å². The Morgan fingerprint density at radius 2 is 2.19 bits per heavy atom. The minimum Gasteiger partial charge on any atom is -0.480 e. The van der Waals surface area contributed by atoms with Gasteiger partial charge in [-0.1, -0.05) is 12.1 Å². The molecule has 2 rings (SSSR count). The largest absolute Gasteiger partial charge is 0.480 e. The molecule has 0 aromatic heterocycles. The Labute approximate surface area is 125 Å². The molecule has 0 aliphatic carbocycles. The molecule has 1 aromatic carbocycles. The van der Waals surface area contributed by atoms with Crippen molar-refractivity contribution in [2.75, 3.05) is 18.1 Å². The minimum atomic E-state index is -1.09. The molecule has 0 radical (unpaired) electrons. The van der Waals surface area contributed by atoms with E-state index in [2.05, 4.69) is 0 Å². The first kappa shape index (κ1) is 15.3. The summed E-state index contributed by atoms with van der Waals surface area (Å²) < 4.78 is 0. The van der Waals surface area contributed by atoms with E-state index in [1.165, 1.54) is 28.8 Å². The summed E-state index contributed by atoms with van der Waals surface area (Å²) in [6, 6.07) is 3.42. The summed E-state index contributed by atoms with van der Waals surface area (Å²) in [5.74, 6) is -0.769. The third-order valence-electron chi connectivity index (χ3n) is 3.34. The Morgan fingerprint density at radius 1 is 1.48 bits per heavy atom. The summed E-state index contributed by atoms with van der Waals surface area (Å²) >= 11 is 1.45. The molecule has 1 N–H and O–H groups in total. The molecule has 1 aromatic rings. The van der Waals surface area contributed by atoms with Crippen molar-refractivity contribution in [1.29, 1.82) is 0 Å². The lowest BCUT2D eigenvalue weighted by Crippen LogP contribution is -2.50. The zero-order valence-electron chi connectivity index (χ0n) is 11.3. The fraction of sp³-hybridized carbons (Fsp3) is 0.385. The lowest BCUT2D eigenvalue weighted by atomic mass is 10.0. The van der Waals surface area contributed by atoms with Gasteiger partial charge in [0, 0.05) is 24.1 Å². The van der Waals surface area contributed by atoms with Crippen LogP contribution in [-0.4, -0.2) is 50.9 Å². The van der Waals surface area contributed by atoms with Crippen LogP contribution in [0.3, 0.4) is 0 Å². The summed E-state index contributed by atoms with van der Waals surface area (Å²) in [5, 5.41) is 20.3. The number of benzene rings is 1. The van der Waals surface area contributed by atoms with E-state index in [1.54, 1.807) is 13.0 Å². The number of rotatable bonds is 3. The van der Waals surface area contributed by atoms with Gasteiger partial charge in [-0.3, -0.25) is 14.9 Å². The van der Waals surface area contributed by atoms with Crippen LogP contribution in [0.4, 0.5) is 5.69 Å². The predicted molar refractivity (Wildman–Crippen MR) is 77.6 cm³/mol. The average molecular weight is 310 g/mol. The van der Waals surface area contributed by atoms with Gasteiger partial charge in [0.15, 0.2) is 0 Å². The van der Waals surface area contributed by atoms with Gasteiger partial charge >= 0.3 is 5.97 Å². The summed E-state index contributed by atoms with van der Waals surface area (Å²) in [5.41, 5.74) is 0.152.